The molecule has 14 heavy (non-hydrogen) atoms. The molecule has 0 aliphatic heterocycles. The predicted molar refractivity (Wildman–Crippen MR) is 71.9 cm³/mol. The molecule has 0 saturated carbocycles. The molecule has 0 aromatic heterocycles. The molecule has 0 amide bonds. The zero-order valence-corrected chi connectivity index (χ0v) is 10.7. The fourth-order valence-corrected chi connectivity index (χ4v) is 1.84. The van der Waals surface area contributed by atoms with E-state index in [1.807, 2.05) is 13.1 Å². The van der Waals surface area contributed by atoms with E-state index in [0.717, 1.165) is 13.0 Å². The van der Waals surface area contributed by atoms with Crippen molar-refractivity contribution < 1.29 is 0 Å². The summed E-state index contributed by atoms with van der Waals surface area (Å²) in [4.78, 5) is 5.50. The lowest BCUT2D eigenvalue weighted by atomic mass is 10.4. The van der Waals surface area contributed by atoms with Crippen LogP contribution in [0.3, 0.4) is 0 Å². The summed E-state index contributed by atoms with van der Waals surface area (Å²) in [7, 11) is -0.575. The minimum absolute atomic E-state index is 0.575. The Hall–Kier alpha value is -0.500. The molecule has 0 atom stereocenters. The van der Waals surface area contributed by atoms with Crippen molar-refractivity contribution in [3.63, 3.8) is 0 Å². The van der Waals surface area contributed by atoms with Crippen LogP contribution >= 0.6 is 10.0 Å². The van der Waals surface area contributed by atoms with Gasteiger partial charge in [-0.3, -0.25) is 4.99 Å². The highest BCUT2D eigenvalue weighted by Gasteiger charge is 2.11. The molecule has 0 aromatic rings. The molecule has 0 aliphatic rings. The summed E-state index contributed by atoms with van der Waals surface area (Å²) in [6, 6.07) is 0. The quantitative estimate of drug-likeness (QED) is 0.472. The molecule has 0 fully saturated rings. The number of nitrogens with zero attached hydrogens (tertiary/aromatic N) is 1. The number of hydrogen-bond donors (Lipinski definition) is 0. The normalized spacial score (nSPS) is 14.0. The summed E-state index contributed by atoms with van der Waals surface area (Å²) >= 11 is 0. The number of allylic oxidation sites excluding steroid dienone is 2. The van der Waals surface area contributed by atoms with Gasteiger partial charge in [0.05, 0.1) is 6.54 Å². The zero-order chi connectivity index (χ0) is 11.0. The van der Waals surface area contributed by atoms with E-state index >= 15 is 0 Å². The molecule has 0 unspecified atom stereocenters. The van der Waals surface area contributed by atoms with Gasteiger partial charge in [-0.05, 0) is 42.7 Å². The summed E-state index contributed by atoms with van der Waals surface area (Å²) in [5.41, 5.74) is 0. The highest BCUT2D eigenvalue weighted by molar-refractivity contribution is 8.35. The Balaban J connectivity index is 3.90. The average Bonchev–Trinajstić information content (AvgIpc) is 2.17. The van der Waals surface area contributed by atoms with Crippen LogP contribution in [0.15, 0.2) is 28.6 Å². The van der Waals surface area contributed by atoms with Crippen molar-refractivity contribution in [1.82, 2.24) is 0 Å². The fourth-order valence-electron chi connectivity index (χ4n) is 0.885. The van der Waals surface area contributed by atoms with Gasteiger partial charge in [-0.1, -0.05) is 25.7 Å². The largest absolute Gasteiger partial charge is 0.294 e. The first-order chi connectivity index (χ1) is 6.54. The standard InChI is InChI=1S/C12H23NS/c1-6-13-11-9-8-10-12(3)14(4,5)7-2/h6,8-9H,3,7,10-11H2,1-2,4-5H3. The molecule has 0 saturated heterocycles. The lowest BCUT2D eigenvalue weighted by Crippen LogP contribution is -2.00. The van der Waals surface area contributed by atoms with Gasteiger partial charge in [-0.15, -0.1) is 0 Å². The molecular weight excluding hydrogens is 190 g/mol. The summed E-state index contributed by atoms with van der Waals surface area (Å²) in [5, 5.41) is 0. The van der Waals surface area contributed by atoms with Gasteiger partial charge in [0, 0.05) is 0 Å². The summed E-state index contributed by atoms with van der Waals surface area (Å²) in [6.45, 7) is 9.14. The Morgan fingerprint density at radius 3 is 2.50 bits per heavy atom. The molecule has 2 heteroatoms. The maximum atomic E-state index is 4.16. The lowest BCUT2D eigenvalue weighted by molar-refractivity contribution is 1.22. The van der Waals surface area contributed by atoms with Gasteiger partial charge >= 0.3 is 0 Å². The Morgan fingerprint density at radius 2 is 2.00 bits per heavy atom. The molecule has 0 bridgehead atoms. The molecule has 0 radical (unpaired) electrons. The minimum Gasteiger partial charge on any atom is -0.294 e. The van der Waals surface area contributed by atoms with E-state index in [4.69, 9.17) is 0 Å². The SMILES string of the molecule is C=C(CC=CCN=CC)S(C)(C)CC. The third-order valence-electron chi connectivity index (χ3n) is 2.41. The first-order valence-electron chi connectivity index (χ1n) is 5.03. The van der Waals surface area contributed by atoms with E-state index in [9.17, 15) is 0 Å². The second kappa shape index (κ2) is 6.88. The van der Waals surface area contributed by atoms with Gasteiger partial charge in [0.1, 0.15) is 0 Å². The van der Waals surface area contributed by atoms with Gasteiger partial charge in [0.2, 0.25) is 0 Å². The molecule has 0 aromatic carbocycles. The first kappa shape index (κ1) is 13.5. The van der Waals surface area contributed by atoms with Gasteiger partial charge in [0.25, 0.3) is 0 Å². The number of hydrogen-bond acceptors (Lipinski definition) is 1. The highest BCUT2D eigenvalue weighted by atomic mass is 32.3. The molecule has 0 heterocycles. The van der Waals surface area contributed by atoms with Crippen LogP contribution in [0.2, 0.25) is 0 Å². The van der Waals surface area contributed by atoms with Crippen molar-refractivity contribution in [3.05, 3.63) is 23.6 Å². The minimum atomic E-state index is -0.575. The molecule has 0 aliphatic carbocycles. The fraction of sp³-hybridized carbons (Fsp3) is 0.583. The van der Waals surface area contributed by atoms with Crippen molar-refractivity contribution in [3.8, 4) is 0 Å². The molecule has 0 rings (SSSR count). The van der Waals surface area contributed by atoms with Crippen LogP contribution in [-0.4, -0.2) is 31.0 Å². The Labute approximate surface area is 90.3 Å². The van der Waals surface area contributed by atoms with E-state index in [1.54, 1.807) is 0 Å². The third-order valence-corrected chi connectivity index (χ3v) is 5.58. The first-order valence-corrected chi connectivity index (χ1v) is 7.64. The van der Waals surface area contributed by atoms with Crippen LogP contribution in [0, 0.1) is 0 Å². The second-order valence-electron chi connectivity index (χ2n) is 3.66. The van der Waals surface area contributed by atoms with Crippen LogP contribution in [0.4, 0.5) is 0 Å². The lowest BCUT2D eigenvalue weighted by Gasteiger charge is -2.31. The monoisotopic (exact) mass is 213 g/mol. The maximum absolute atomic E-state index is 4.16. The molecule has 82 valence electrons. The predicted octanol–water partition coefficient (Wildman–Crippen LogP) is 3.62. The summed E-state index contributed by atoms with van der Waals surface area (Å²) in [6.07, 6.45) is 11.8. The van der Waals surface area contributed by atoms with Crippen LogP contribution < -0.4 is 0 Å². The van der Waals surface area contributed by atoms with Gasteiger partial charge in [-0.2, -0.15) is 0 Å². The van der Waals surface area contributed by atoms with Crippen molar-refractivity contribution >= 4 is 16.2 Å². The highest BCUT2D eigenvalue weighted by Crippen LogP contribution is 2.48. The summed E-state index contributed by atoms with van der Waals surface area (Å²) < 4.78 is 0. The van der Waals surface area contributed by atoms with Gasteiger partial charge in [0.15, 0.2) is 0 Å². The van der Waals surface area contributed by atoms with Crippen LogP contribution in [0.5, 0.6) is 0 Å². The van der Waals surface area contributed by atoms with Crippen LogP contribution in [0.1, 0.15) is 20.3 Å². The van der Waals surface area contributed by atoms with E-state index in [2.05, 4.69) is 43.2 Å². The average molecular weight is 213 g/mol. The number of rotatable bonds is 6. The zero-order valence-electron chi connectivity index (χ0n) is 9.92. The molecule has 0 N–H and O–H groups in total. The Bertz CT molecular complexity index is 226. The van der Waals surface area contributed by atoms with Crippen molar-refractivity contribution in [2.24, 2.45) is 4.99 Å². The van der Waals surface area contributed by atoms with Gasteiger partial charge < -0.3 is 0 Å². The third kappa shape index (κ3) is 5.28. The Kier molecular flexibility index (Phi) is 6.64. The topological polar surface area (TPSA) is 12.4 Å². The maximum Gasteiger partial charge on any atom is 0.0566 e. The van der Waals surface area contributed by atoms with Crippen molar-refractivity contribution in [1.29, 1.82) is 0 Å². The van der Waals surface area contributed by atoms with Crippen molar-refractivity contribution in [2.75, 3.05) is 24.8 Å². The second-order valence-corrected chi connectivity index (χ2v) is 7.90. The smallest absolute Gasteiger partial charge is 0.0566 e. The van der Waals surface area contributed by atoms with E-state index in [-0.39, 0.29) is 0 Å². The Morgan fingerprint density at radius 1 is 1.36 bits per heavy atom. The van der Waals surface area contributed by atoms with E-state index in [1.165, 1.54) is 10.7 Å². The van der Waals surface area contributed by atoms with Gasteiger partial charge in [-0.25, -0.2) is 10.0 Å². The van der Waals surface area contributed by atoms with E-state index in [0.29, 0.717) is 0 Å². The van der Waals surface area contributed by atoms with Crippen LogP contribution in [0.25, 0.3) is 0 Å². The van der Waals surface area contributed by atoms with E-state index < -0.39 is 10.0 Å². The molecular formula is C12H23NS. The van der Waals surface area contributed by atoms with Crippen LogP contribution in [-0.2, 0) is 0 Å². The molecule has 1 nitrogen and oxygen atoms in total. The summed E-state index contributed by atoms with van der Waals surface area (Å²) in [5.74, 6) is 1.23. The molecule has 0 spiro atoms. The number of aliphatic imine (C=N–C) groups is 1. The van der Waals surface area contributed by atoms with Crippen molar-refractivity contribution in [2.45, 2.75) is 20.3 Å².